The van der Waals surface area contributed by atoms with E-state index in [1.165, 1.54) is 6.92 Å². The molecule has 81 heavy (non-hydrogen) atoms. The highest BCUT2D eigenvalue weighted by Crippen LogP contribution is 2.36. The number of nitrogens with two attached hydrogens (primary N) is 1. The van der Waals surface area contributed by atoms with Gasteiger partial charge in [-0.25, -0.2) is 0 Å². The highest BCUT2D eigenvalue weighted by molar-refractivity contribution is 5.74. The van der Waals surface area contributed by atoms with Crippen LogP contribution in [-0.2, 0) is 80.8 Å². The van der Waals surface area contributed by atoms with E-state index in [2.05, 4.69) is 21.3 Å². The second-order valence-electron chi connectivity index (χ2n) is 20.4. The van der Waals surface area contributed by atoms with Crippen molar-refractivity contribution in [2.24, 2.45) is 5.73 Å². The molecule has 0 spiro atoms. The summed E-state index contributed by atoms with van der Waals surface area (Å²) in [5.41, 5.74) is 6.11. The number of aliphatic hydroxyl groups is 13. The van der Waals surface area contributed by atoms with Crippen molar-refractivity contribution in [1.82, 2.24) is 21.3 Å². The number of carbonyl (C=O) groups is 5. The topological polar surface area (TPSA) is 533 Å². The second-order valence-corrected chi connectivity index (χ2v) is 20.4. The molecule has 35 nitrogen and oxygen atoms in total. The molecule has 6 rings (SSSR count). The summed E-state index contributed by atoms with van der Waals surface area (Å²) in [4.78, 5) is 61.9. The van der Waals surface area contributed by atoms with Gasteiger partial charge in [0.15, 0.2) is 37.7 Å². The Bertz CT molecular complexity index is 2090. The van der Waals surface area contributed by atoms with E-state index in [0.717, 1.165) is 34.6 Å². The summed E-state index contributed by atoms with van der Waals surface area (Å²) >= 11 is 0. The molecule has 30 atom stereocenters. The molecule has 466 valence electrons. The Balaban J connectivity index is 1.23. The maximum Gasteiger partial charge on any atom is 0.302 e. The Kier molecular flexibility index (Phi) is 23.8. The van der Waals surface area contributed by atoms with Gasteiger partial charge in [-0.2, -0.15) is 0 Å². The van der Waals surface area contributed by atoms with Gasteiger partial charge in [-0.05, 0) is 6.92 Å². The van der Waals surface area contributed by atoms with Crippen molar-refractivity contribution >= 4 is 29.6 Å². The minimum Gasteiger partial charge on any atom is -0.463 e. The predicted octanol–water partition coefficient (Wildman–Crippen LogP) is -12.0. The van der Waals surface area contributed by atoms with Gasteiger partial charge in [-0.3, -0.25) is 24.0 Å². The van der Waals surface area contributed by atoms with Crippen molar-refractivity contribution in [2.75, 3.05) is 33.0 Å². The maximum atomic E-state index is 12.8. The summed E-state index contributed by atoms with van der Waals surface area (Å²) in [5, 5.41) is 152. The van der Waals surface area contributed by atoms with Crippen LogP contribution in [0.25, 0.3) is 0 Å². The zero-order valence-electron chi connectivity index (χ0n) is 44.7. The van der Waals surface area contributed by atoms with E-state index in [0.29, 0.717) is 0 Å². The molecular weight excluding hydrogens is 1100 g/mol. The van der Waals surface area contributed by atoms with Crippen molar-refractivity contribution in [3.63, 3.8) is 0 Å². The molecule has 6 aliphatic heterocycles. The number of esters is 1. The van der Waals surface area contributed by atoms with Gasteiger partial charge in [0, 0.05) is 34.6 Å². The van der Waals surface area contributed by atoms with Crippen LogP contribution in [0.2, 0.25) is 0 Å². The SMILES string of the molecule is CC(=O)NC1C(O)OC(COC2OC(C)C(O)C(O)C2O)C(OC2OC(CO)C(OC3OC(CO)C(OC4OC(CO)C(OC5OC(COC(C)=O)C(O)C(O)C5N)C(O)C4NC(C)=O)C(O)C3NC(C)=O)C(O)C2NC(C)=O)C1O. The molecule has 0 saturated carbocycles. The van der Waals surface area contributed by atoms with Gasteiger partial charge in [0.1, 0.15) is 141 Å². The summed E-state index contributed by atoms with van der Waals surface area (Å²) in [6.45, 7) is 2.32. The van der Waals surface area contributed by atoms with E-state index in [-0.39, 0.29) is 0 Å². The number of rotatable bonds is 20. The van der Waals surface area contributed by atoms with Gasteiger partial charge >= 0.3 is 5.97 Å². The van der Waals surface area contributed by atoms with Gasteiger partial charge in [0.05, 0.1) is 38.6 Å². The Hall–Kier alpha value is -3.65. The normalized spacial score (nSPS) is 45.7. The van der Waals surface area contributed by atoms with E-state index in [4.69, 9.17) is 62.6 Å². The van der Waals surface area contributed by atoms with E-state index in [9.17, 15) is 90.4 Å². The summed E-state index contributed by atoms with van der Waals surface area (Å²) in [5.74, 6) is -3.95. The number of amides is 4. The maximum absolute atomic E-state index is 12.8. The van der Waals surface area contributed by atoms with Crippen LogP contribution in [0.3, 0.4) is 0 Å². The third kappa shape index (κ3) is 15.6. The standard InChI is InChI=1S/C46H77N5O30/c1-12-28(60)35(67)36(68)46(72-12)71-11-22-40(31(63)24(41(69)73-22)48-13(2)55)81-45-27(51-16(5)58)34(66)39(20(9-54)76-45)80-44-26(50-15(4)57)33(65)38(19(8-53)75-44)79-43-25(49-14(3)56)32(64)37(18(7-52)74-43)78-42-23(47)30(62)29(61)21(77-42)10-70-17(6)59/h12,18-46,52-54,60-69H,7-11,47H2,1-6H3,(H,48,55)(H,49,56)(H,50,57)(H,51,58). The third-order valence-corrected chi connectivity index (χ3v) is 14.3. The third-order valence-electron chi connectivity index (χ3n) is 14.3. The minimum absolute atomic E-state index is 0.561. The van der Waals surface area contributed by atoms with Crippen LogP contribution in [0.15, 0.2) is 0 Å². The van der Waals surface area contributed by atoms with Crippen LogP contribution in [0, 0.1) is 0 Å². The zero-order valence-corrected chi connectivity index (χ0v) is 44.7. The van der Waals surface area contributed by atoms with E-state index in [1.54, 1.807) is 0 Å². The number of hydrogen-bond donors (Lipinski definition) is 18. The summed E-state index contributed by atoms with van der Waals surface area (Å²) in [7, 11) is 0. The molecule has 4 amide bonds. The molecule has 0 aromatic heterocycles. The smallest absolute Gasteiger partial charge is 0.302 e. The molecule has 6 saturated heterocycles. The molecule has 0 aliphatic carbocycles. The molecule has 30 unspecified atom stereocenters. The Morgan fingerprint density at radius 1 is 0.407 bits per heavy atom. The molecule has 0 aromatic carbocycles. The first kappa shape index (κ1) is 66.5. The molecule has 6 heterocycles. The van der Waals surface area contributed by atoms with Gasteiger partial charge in [-0.15, -0.1) is 0 Å². The molecular formula is C46H77N5O30. The molecule has 0 bridgehead atoms. The van der Waals surface area contributed by atoms with Gasteiger partial charge < -0.3 is 150 Å². The first-order valence-corrected chi connectivity index (χ1v) is 25.9. The molecule has 0 aromatic rings. The van der Waals surface area contributed by atoms with E-state index >= 15 is 0 Å². The lowest BCUT2D eigenvalue weighted by Gasteiger charge is -2.51. The highest BCUT2D eigenvalue weighted by atomic mass is 16.8. The monoisotopic (exact) mass is 1180 g/mol. The van der Waals surface area contributed by atoms with Crippen molar-refractivity contribution in [2.45, 2.75) is 225 Å². The summed E-state index contributed by atoms with van der Waals surface area (Å²) in [6.07, 6.45) is -43.5. The van der Waals surface area contributed by atoms with Crippen molar-refractivity contribution in [1.29, 1.82) is 0 Å². The number of carbonyl (C=O) groups excluding carboxylic acids is 5. The number of hydrogen-bond acceptors (Lipinski definition) is 31. The Morgan fingerprint density at radius 3 is 1.17 bits per heavy atom. The Morgan fingerprint density at radius 2 is 0.778 bits per heavy atom. The first-order valence-electron chi connectivity index (χ1n) is 25.9. The molecule has 19 N–H and O–H groups in total. The fourth-order valence-corrected chi connectivity index (χ4v) is 10.2. The van der Waals surface area contributed by atoms with Gasteiger partial charge in [0.25, 0.3) is 0 Å². The van der Waals surface area contributed by atoms with E-state index < -0.39 is 247 Å². The van der Waals surface area contributed by atoms with Crippen LogP contribution < -0.4 is 27.0 Å². The average molecular weight is 1180 g/mol. The lowest BCUT2D eigenvalue weighted by atomic mass is 9.93. The first-order chi connectivity index (χ1) is 38.1. The number of aliphatic hydroxyl groups excluding tert-OH is 13. The summed E-state index contributed by atoms with van der Waals surface area (Å²) in [6, 6.07) is -8.32. The van der Waals surface area contributed by atoms with Crippen molar-refractivity contribution in [3.8, 4) is 0 Å². The lowest BCUT2D eigenvalue weighted by molar-refractivity contribution is -0.368. The average Bonchev–Trinajstić information content (AvgIpc) is 3.57. The van der Waals surface area contributed by atoms with Crippen molar-refractivity contribution < 1.29 is 147 Å². The van der Waals surface area contributed by atoms with Crippen LogP contribution in [0.5, 0.6) is 0 Å². The summed E-state index contributed by atoms with van der Waals surface area (Å²) < 4.78 is 69.9. The number of ether oxygens (including phenoxy) is 12. The molecule has 0 radical (unpaired) electrons. The van der Waals surface area contributed by atoms with Gasteiger partial charge in [0.2, 0.25) is 23.6 Å². The van der Waals surface area contributed by atoms with Crippen LogP contribution in [-0.4, -0.2) is 313 Å². The largest absolute Gasteiger partial charge is 0.463 e. The fraction of sp³-hybridized carbons (Fsp3) is 0.891. The highest BCUT2D eigenvalue weighted by Gasteiger charge is 2.58. The minimum atomic E-state index is -2.04. The van der Waals surface area contributed by atoms with Crippen LogP contribution in [0.1, 0.15) is 41.5 Å². The zero-order chi connectivity index (χ0) is 60.1. The van der Waals surface area contributed by atoms with Crippen LogP contribution >= 0.6 is 0 Å². The van der Waals surface area contributed by atoms with Crippen LogP contribution in [0.4, 0.5) is 0 Å². The predicted molar refractivity (Wildman–Crippen MR) is 256 cm³/mol. The Labute approximate surface area is 461 Å². The van der Waals surface area contributed by atoms with E-state index in [1.807, 2.05) is 0 Å². The fourth-order valence-electron chi connectivity index (χ4n) is 10.2. The molecule has 6 aliphatic rings. The van der Waals surface area contributed by atoms with Gasteiger partial charge in [-0.1, -0.05) is 0 Å². The van der Waals surface area contributed by atoms with Crippen molar-refractivity contribution in [3.05, 3.63) is 0 Å². The molecule has 35 heteroatoms. The lowest BCUT2D eigenvalue weighted by Crippen LogP contribution is -2.72. The quantitative estimate of drug-likeness (QED) is 0.0503. The molecule has 6 fully saturated rings. The second kappa shape index (κ2) is 29.0. The number of nitrogens with one attached hydrogen (secondary N) is 4.